The average molecular weight is 262 g/mol. The molecule has 5 nitrogen and oxygen atoms in total. The summed E-state index contributed by atoms with van der Waals surface area (Å²) in [6.07, 6.45) is 1.72. The summed E-state index contributed by atoms with van der Waals surface area (Å²) in [5.74, 6) is 2.06. The molecule has 0 saturated heterocycles. The van der Waals surface area contributed by atoms with Gasteiger partial charge in [0.05, 0.1) is 20.8 Å². The molecule has 0 radical (unpaired) electrons. The van der Waals surface area contributed by atoms with E-state index in [1.54, 1.807) is 20.4 Å². The molecule has 0 aliphatic rings. The molecule has 0 spiro atoms. The van der Waals surface area contributed by atoms with Gasteiger partial charge >= 0.3 is 0 Å². The van der Waals surface area contributed by atoms with Gasteiger partial charge in [0.15, 0.2) is 11.5 Å². The number of aliphatic hydroxyl groups excluding tert-OH is 1. The van der Waals surface area contributed by atoms with Gasteiger partial charge in [-0.15, -0.1) is 0 Å². The number of rotatable bonds is 5. The van der Waals surface area contributed by atoms with Gasteiger partial charge in [0.25, 0.3) is 0 Å². The Hall–Kier alpha value is -2.01. The van der Waals surface area contributed by atoms with Gasteiger partial charge in [0.1, 0.15) is 5.82 Å². The second-order valence-corrected chi connectivity index (χ2v) is 4.32. The lowest BCUT2D eigenvalue weighted by Gasteiger charge is -2.15. The summed E-state index contributed by atoms with van der Waals surface area (Å²) < 4.78 is 10.6. The number of benzene rings is 1. The third-order valence-corrected chi connectivity index (χ3v) is 2.93. The zero-order valence-corrected chi connectivity index (χ0v) is 11.3. The first kappa shape index (κ1) is 13.4. The monoisotopic (exact) mass is 262 g/mol. The lowest BCUT2D eigenvalue weighted by Crippen LogP contribution is -2.20. The van der Waals surface area contributed by atoms with Gasteiger partial charge < -0.3 is 19.9 Å². The number of methoxy groups -OCH3 is 2. The highest BCUT2D eigenvalue weighted by molar-refractivity contribution is 5.94. The van der Waals surface area contributed by atoms with Crippen LogP contribution in [0.15, 0.2) is 24.4 Å². The van der Waals surface area contributed by atoms with Crippen LogP contribution < -0.4 is 14.8 Å². The summed E-state index contributed by atoms with van der Waals surface area (Å²) in [6, 6.07) is 5.64. The minimum atomic E-state index is -0.0637. The van der Waals surface area contributed by atoms with Crippen molar-refractivity contribution in [1.29, 1.82) is 0 Å². The molecule has 2 N–H and O–H groups in total. The highest BCUT2D eigenvalue weighted by atomic mass is 16.5. The van der Waals surface area contributed by atoms with Crippen LogP contribution >= 0.6 is 0 Å². The van der Waals surface area contributed by atoms with Gasteiger partial charge in [-0.05, 0) is 30.5 Å². The maximum Gasteiger partial charge on any atom is 0.161 e. The van der Waals surface area contributed by atoms with Crippen molar-refractivity contribution in [2.45, 2.75) is 13.0 Å². The fraction of sp³-hybridized carbons (Fsp3) is 0.357. The van der Waals surface area contributed by atoms with E-state index < -0.39 is 0 Å². The van der Waals surface area contributed by atoms with E-state index in [1.165, 1.54) is 0 Å². The van der Waals surface area contributed by atoms with Gasteiger partial charge in [0.2, 0.25) is 0 Å². The molecule has 1 aromatic carbocycles. The molecule has 102 valence electrons. The van der Waals surface area contributed by atoms with Crippen molar-refractivity contribution < 1.29 is 14.6 Å². The van der Waals surface area contributed by atoms with Gasteiger partial charge in [0, 0.05) is 17.6 Å². The molecule has 1 atom stereocenters. The first-order valence-electron chi connectivity index (χ1n) is 6.07. The van der Waals surface area contributed by atoms with Crippen LogP contribution in [0.2, 0.25) is 0 Å². The number of fused-ring (bicyclic) bond motifs is 1. The van der Waals surface area contributed by atoms with Crippen molar-refractivity contribution in [1.82, 2.24) is 4.98 Å². The van der Waals surface area contributed by atoms with Crippen LogP contribution in [-0.4, -0.2) is 37.0 Å². The third-order valence-electron chi connectivity index (χ3n) is 2.93. The first-order chi connectivity index (χ1) is 9.19. The molecular weight excluding hydrogens is 244 g/mol. The predicted octanol–water partition coefficient (Wildman–Crippen LogP) is 2.04. The van der Waals surface area contributed by atoms with E-state index >= 15 is 0 Å². The van der Waals surface area contributed by atoms with Crippen molar-refractivity contribution in [3.8, 4) is 11.5 Å². The van der Waals surface area contributed by atoms with Crippen LogP contribution in [0.1, 0.15) is 6.92 Å². The number of pyridine rings is 1. The maximum atomic E-state index is 9.12. The molecule has 0 aliphatic heterocycles. The number of hydrogen-bond acceptors (Lipinski definition) is 5. The molecule has 2 rings (SSSR count). The third kappa shape index (κ3) is 2.71. The van der Waals surface area contributed by atoms with Crippen molar-refractivity contribution in [2.75, 3.05) is 26.1 Å². The number of aliphatic hydroxyl groups is 1. The van der Waals surface area contributed by atoms with Crippen molar-refractivity contribution in [3.63, 3.8) is 0 Å². The highest BCUT2D eigenvalue weighted by Crippen LogP contribution is 2.34. The zero-order valence-electron chi connectivity index (χ0n) is 11.3. The van der Waals surface area contributed by atoms with Crippen LogP contribution in [-0.2, 0) is 0 Å². The average Bonchev–Trinajstić information content (AvgIpc) is 2.45. The van der Waals surface area contributed by atoms with Gasteiger partial charge in [-0.1, -0.05) is 0 Å². The summed E-state index contributed by atoms with van der Waals surface area (Å²) in [4.78, 5) is 4.31. The molecule has 1 unspecified atom stereocenters. The minimum Gasteiger partial charge on any atom is -0.493 e. The lowest BCUT2D eigenvalue weighted by molar-refractivity contribution is 0.281. The smallest absolute Gasteiger partial charge is 0.161 e. The highest BCUT2D eigenvalue weighted by Gasteiger charge is 2.10. The predicted molar refractivity (Wildman–Crippen MR) is 75.0 cm³/mol. The standard InChI is InChI=1S/C14H18N2O3/c1-9(8-17)16-14-11-7-13(19-3)12(18-2)6-10(11)4-5-15-14/h4-7,9,17H,8H2,1-3H3,(H,15,16). The van der Waals surface area contributed by atoms with E-state index in [2.05, 4.69) is 10.3 Å². The summed E-state index contributed by atoms with van der Waals surface area (Å²) in [7, 11) is 3.21. The van der Waals surface area contributed by atoms with E-state index in [0.717, 1.165) is 16.6 Å². The Morgan fingerprint density at radius 2 is 1.95 bits per heavy atom. The molecule has 0 aliphatic carbocycles. The molecule has 0 bridgehead atoms. The summed E-state index contributed by atoms with van der Waals surface area (Å²) in [5.41, 5.74) is 0. The minimum absolute atomic E-state index is 0.0470. The maximum absolute atomic E-state index is 9.12. The van der Waals surface area contributed by atoms with Crippen molar-refractivity contribution in [2.24, 2.45) is 0 Å². The Morgan fingerprint density at radius 1 is 1.26 bits per heavy atom. The van der Waals surface area contributed by atoms with Gasteiger partial charge in [-0.3, -0.25) is 0 Å². The first-order valence-corrected chi connectivity index (χ1v) is 6.07. The second-order valence-electron chi connectivity index (χ2n) is 4.32. The molecule has 0 amide bonds. The number of ether oxygens (including phenoxy) is 2. The van der Waals surface area contributed by atoms with Crippen LogP contribution in [0.4, 0.5) is 5.82 Å². The Balaban J connectivity index is 2.54. The number of aromatic nitrogens is 1. The Labute approximate surface area is 112 Å². The number of nitrogens with one attached hydrogen (secondary N) is 1. The normalized spacial score (nSPS) is 12.2. The summed E-state index contributed by atoms with van der Waals surface area (Å²) >= 11 is 0. The number of hydrogen-bond donors (Lipinski definition) is 2. The SMILES string of the molecule is COc1cc2ccnc(NC(C)CO)c2cc1OC. The van der Waals surface area contributed by atoms with Crippen LogP contribution in [0, 0.1) is 0 Å². The Bertz CT molecular complexity index is 572. The van der Waals surface area contributed by atoms with Crippen LogP contribution in [0.5, 0.6) is 11.5 Å². The van der Waals surface area contributed by atoms with E-state index in [9.17, 15) is 0 Å². The van der Waals surface area contributed by atoms with Crippen molar-refractivity contribution in [3.05, 3.63) is 24.4 Å². The fourth-order valence-corrected chi connectivity index (χ4v) is 1.89. The molecular formula is C14H18N2O3. The molecule has 19 heavy (non-hydrogen) atoms. The van der Waals surface area contributed by atoms with Crippen LogP contribution in [0.3, 0.4) is 0 Å². The quantitative estimate of drug-likeness (QED) is 0.863. The van der Waals surface area contributed by atoms with Crippen LogP contribution in [0.25, 0.3) is 10.8 Å². The summed E-state index contributed by atoms with van der Waals surface area (Å²) in [6.45, 7) is 1.94. The Kier molecular flexibility index (Phi) is 4.06. The van der Waals surface area contributed by atoms with E-state index in [-0.39, 0.29) is 12.6 Å². The van der Waals surface area contributed by atoms with E-state index in [1.807, 2.05) is 25.1 Å². The summed E-state index contributed by atoms with van der Waals surface area (Å²) in [5, 5.41) is 14.2. The number of anilines is 1. The number of nitrogens with zero attached hydrogens (tertiary/aromatic N) is 1. The largest absolute Gasteiger partial charge is 0.493 e. The topological polar surface area (TPSA) is 63.6 Å². The molecule has 2 aromatic rings. The molecule has 0 fully saturated rings. The molecule has 0 saturated carbocycles. The molecule has 1 aromatic heterocycles. The molecule has 1 heterocycles. The molecule has 5 heteroatoms. The fourth-order valence-electron chi connectivity index (χ4n) is 1.89. The lowest BCUT2D eigenvalue weighted by atomic mass is 10.1. The van der Waals surface area contributed by atoms with Crippen molar-refractivity contribution >= 4 is 16.6 Å². The second kappa shape index (κ2) is 5.75. The van der Waals surface area contributed by atoms with Gasteiger partial charge in [-0.25, -0.2) is 4.98 Å². The Morgan fingerprint density at radius 3 is 2.58 bits per heavy atom. The van der Waals surface area contributed by atoms with Gasteiger partial charge in [-0.2, -0.15) is 0 Å². The zero-order chi connectivity index (χ0) is 13.8. The van der Waals surface area contributed by atoms with E-state index in [4.69, 9.17) is 14.6 Å². The van der Waals surface area contributed by atoms with E-state index in [0.29, 0.717) is 11.5 Å².